The van der Waals surface area contributed by atoms with Gasteiger partial charge in [0, 0.05) is 6.04 Å². The molecule has 1 aliphatic carbocycles. The maximum absolute atomic E-state index is 9.82. The van der Waals surface area contributed by atoms with Crippen molar-refractivity contribution in [1.29, 1.82) is 5.26 Å². The molecule has 0 aromatic heterocycles. The second kappa shape index (κ2) is 6.00. The monoisotopic (exact) mass is 196 g/mol. The summed E-state index contributed by atoms with van der Waals surface area (Å²) in [5.74, 6) is 0. The summed E-state index contributed by atoms with van der Waals surface area (Å²) in [5.41, 5.74) is 0. The molecule has 0 saturated heterocycles. The summed E-state index contributed by atoms with van der Waals surface area (Å²) >= 11 is 0. The smallest absolute Gasteiger partial charge is 0.0953 e. The van der Waals surface area contributed by atoms with Gasteiger partial charge in [0.2, 0.25) is 0 Å². The van der Waals surface area contributed by atoms with Crippen LogP contribution in [0.5, 0.6) is 0 Å². The Morgan fingerprint density at radius 2 is 2.14 bits per heavy atom. The van der Waals surface area contributed by atoms with Crippen LogP contribution in [0.4, 0.5) is 0 Å². The summed E-state index contributed by atoms with van der Waals surface area (Å²) in [7, 11) is 0. The first kappa shape index (κ1) is 11.5. The van der Waals surface area contributed by atoms with E-state index in [0.717, 1.165) is 32.1 Å². The van der Waals surface area contributed by atoms with Crippen molar-refractivity contribution in [3.63, 3.8) is 0 Å². The van der Waals surface area contributed by atoms with Crippen LogP contribution in [0.1, 0.15) is 45.4 Å². The fraction of sp³-hybridized carbons (Fsp3) is 0.909. The number of nitrogens with zero attached hydrogens (tertiary/aromatic N) is 1. The van der Waals surface area contributed by atoms with Crippen molar-refractivity contribution in [2.24, 2.45) is 0 Å². The Morgan fingerprint density at radius 1 is 1.43 bits per heavy atom. The summed E-state index contributed by atoms with van der Waals surface area (Å²) in [6.45, 7) is 1.99. The second-order valence-corrected chi connectivity index (χ2v) is 4.07. The van der Waals surface area contributed by atoms with Crippen molar-refractivity contribution in [2.45, 2.75) is 63.6 Å². The zero-order valence-electron chi connectivity index (χ0n) is 8.87. The number of hydrogen-bond donors (Lipinski definition) is 2. The van der Waals surface area contributed by atoms with Crippen LogP contribution in [-0.2, 0) is 0 Å². The van der Waals surface area contributed by atoms with E-state index in [4.69, 9.17) is 5.26 Å². The van der Waals surface area contributed by atoms with Crippen molar-refractivity contribution < 1.29 is 5.11 Å². The lowest BCUT2D eigenvalue weighted by molar-refractivity contribution is 0.116. The van der Waals surface area contributed by atoms with Crippen LogP contribution < -0.4 is 5.32 Å². The highest BCUT2D eigenvalue weighted by atomic mass is 16.3. The SMILES string of the molecule is CCC(C#N)NC1CCCCCC1O. The van der Waals surface area contributed by atoms with Crippen molar-refractivity contribution in [1.82, 2.24) is 5.32 Å². The summed E-state index contributed by atoms with van der Waals surface area (Å²) in [4.78, 5) is 0. The highest BCUT2D eigenvalue weighted by Gasteiger charge is 2.23. The molecule has 0 heterocycles. The van der Waals surface area contributed by atoms with Crippen LogP contribution >= 0.6 is 0 Å². The van der Waals surface area contributed by atoms with Gasteiger partial charge in [0.05, 0.1) is 18.2 Å². The molecule has 0 aromatic carbocycles. The molecule has 3 nitrogen and oxygen atoms in total. The lowest BCUT2D eigenvalue weighted by atomic mass is 10.0. The molecule has 1 fully saturated rings. The number of rotatable bonds is 3. The van der Waals surface area contributed by atoms with Gasteiger partial charge in [-0.2, -0.15) is 5.26 Å². The molecule has 0 bridgehead atoms. The molecule has 3 heteroatoms. The topological polar surface area (TPSA) is 56.0 Å². The molecule has 0 aliphatic heterocycles. The molecule has 1 aliphatic rings. The Labute approximate surface area is 86.1 Å². The largest absolute Gasteiger partial charge is 0.392 e. The Morgan fingerprint density at radius 3 is 2.79 bits per heavy atom. The van der Waals surface area contributed by atoms with Crippen LogP contribution in [0.15, 0.2) is 0 Å². The number of nitriles is 1. The first-order valence-electron chi connectivity index (χ1n) is 5.61. The lowest BCUT2D eigenvalue weighted by Crippen LogP contribution is -2.44. The summed E-state index contributed by atoms with van der Waals surface area (Å²) in [5, 5.41) is 21.9. The van der Waals surface area contributed by atoms with Gasteiger partial charge in [0.25, 0.3) is 0 Å². The Kier molecular flexibility index (Phi) is 4.92. The Balaban J connectivity index is 2.44. The predicted molar refractivity (Wildman–Crippen MR) is 55.7 cm³/mol. The summed E-state index contributed by atoms with van der Waals surface area (Å²) in [6, 6.07) is 2.24. The van der Waals surface area contributed by atoms with Gasteiger partial charge in [0.15, 0.2) is 0 Å². The second-order valence-electron chi connectivity index (χ2n) is 4.07. The molecule has 0 spiro atoms. The van der Waals surface area contributed by atoms with Crippen LogP contribution in [-0.4, -0.2) is 23.3 Å². The molecule has 0 radical (unpaired) electrons. The number of nitrogens with one attached hydrogen (secondary N) is 1. The highest BCUT2D eigenvalue weighted by Crippen LogP contribution is 2.18. The molecule has 2 N–H and O–H groups in total. The molecule has 0 aromatic rings. The third-order valence-corrected chi connectivity index (χ3v) is 2.96. The van der Waals surface area contributed by atoms with Crippen LogP contribution in [0, 0.1) is 11.3 Å². The van der Waals surface area contributed by atoms with Crippen LogP contribution in [0.2, 0.25) is 0 Å². The third-order valence-electron chi connectivity index (χ3n) is 2.96. The van der Waals surface area contributed by atoms with E-state index in [1.807, 2.05) is 6.92 Å². The van der Waals surface area contributed by atoms with E-state index in [0.29, 0.717) is 0 Å². The predicted octanol–water partition coefficient (Wildman–Crippen LogP) is 1.57. The highest BCUT2D eigenvalue weighted by molar-refractivity contribution is 4.93. The van der Waals surface area contributed by atoms with Gasteiger partial charge >= 0.3 is 0 Å². The summed E-state index contributed by atoms with van der Waals surface area (Å²) in [6.07, 6.45) is 5.90. The molecule has 14 heavy (non-hydrogen) atoms. The molecule has 1 rings (SSSR count). The number of aliphatic hydroxyl groups is 1. The third kappa shape index (κ3) is 3.28. The minimum absolute atomic E-state index is 0.104. The maximum Gasteiger partial charge on any atom is 0.0953 e. The molecule has 0 amide bonds. The zero-order chi connectivity index (χ0) is 10.4. The van der Waals surface area contributed by atoms with Gasteiger partial charge < -0.3 is 5.11 Å². The average molecular weight is 196 g/mol. The van der Waals surface area contributed by atoms with Gasteiger partial charge in [0.1, 0.15) is 0 Å². The van der Waals surface area contributed by atoms with Gasteiger partial charge in [-0.25, -0.2) is 0 Å². The first-order valence-corrected chi connectivity index (χ1v) is 5.61. The molecule has 3 atom stereocenters. The quantitative estimate of drug-likeness (QED) is 0.674. The van der Waals surface area contributed by atoms with E-state index < -0.39 is 0 Å². The Hall–Kier alpha value is -0.590. The fourth-order valence-electron chi connectivity index (χ4n) is 1.99. The molecular weight excluding hydrogens is 176 g/mol. The normalized spacial score (nSPS) is 30.4. The van der Waals surface area contributed by atoms with Gasteiger partial charge in [-0.3, -0.25) is 5.32 Å². The van der Waals surface area contributed by atoms with Gasteiger partial charge in [-0.1, -0.05) is 26.2 Å². The van der Waals surface area contributed by atoms with Crippen molar-refractivity contribution in [3.8, 4) is 6.07 Å². The molecule has 80 valence electrons. The zero-order valence-corrected chi connectivity index (χ0v) is 8.87. The summed E-state index contributed by atoms with van der Waals surface area (Å²) < 4.78 is 0. The van der Waals surface area contributed by atoms with Crippen molar-refractivity contribution in [2.75, 3.05) is 0 Å². The minimum atomic E-state index is -0.264. The van der Waals surface area contributed by atoms with Gasteiger partial charge in [-0.15, -0.1) is 0 Å². The molecule has 3 unspecified atom stereocenters. The number of aliphatic hydroxyl groups excluding tert-OH is 1. The van der Waals surface area contributed by atoms with E-state index >= 15 is 0 Å². The molecule has 1 saturated carbocycles. The van der Waals surface area contributed by atoms with Crippen LogP contribution in [0.25, 0.3) is 0 Å². The minimum Gasteiger partial charge on any atom is -0.392 e. The van der Waals surface area contributed by atoms with Gasteiger partial charge in [-0.05, 0) is 19.3 Å². The fourth-order valence-corrected chi connectivity index (χ4v) is 1.99. The van der Waals surface area contributed by atoms with E-state index in [1.54, 1.807) is 0 Å². The van der Waals surface area contributed by atoms with E-state index in [2.05, 4.69) is 11.4 Å². The van der Waals surface area contributed by atoms with Crippen LogP contribution in [0.3, 0.4) is 0 Å². The first-order chi connectivity index (χ1) is 6.77. The maximum atomic E-state index is 9.82. The van der Waals surface area contributed by atoms with Crippen molar-refractivity contribution in [3.05, 3.63) is 0 Å². The lowest BCUT2D eigenvalue weighted by Gasteiger charge is -2.24. The Bertz CT molecular complexity index is 200. The van der Waals surface area contributed by atoms with E-state index in [1.165, 1.54) is 6.42 Å². The average Bonchev–Trinajstić information content (AvgIpc) is 2.40. The number of hydrogen-bond acceptors (Lipinski definition) is 3. The van der Waals surface area contributed by atoms with Crippen molar-refractivity contribution >= 4 is 0 Å². The van der Waals surface area contributed by atoms with E-state index in [9.17, 15) is 5.11 Å². The van der Waals surface area contributed by atoms with E-state index in [-0.39, 0.29) is 18.2 Å². The molecular formula is C11H20N2O. The standard InChI is InChI=1S/C11H20N2O/c1-2-9(8-12)13-10-6-4-3-5-7-11(10)14/h9-11,13-14H,2-7H2,1H3.